The zero-order chi connectivity index (χ0) is 17.2. The zero-order valence-corrected chi connectivity index (χ0v) is 14.7. The van der Waals surface area contributed by atoms with E-state index in [2.05, 4.69) is 39.9 Å². The second-order valence-corrected chi connectivity index (χ2v) is 7.36. The van der Waals surface area contributed by atoms with Crippen LogP contribution in [-0.4, -0.2) is 23.1 Å². The molecule has 2 atom stereocenters. The van der Waals surface area contributed by atoms with Crippen LogP contribution in [0.25, 0.3) is 10.9 Å². The Labute approximate surface area is 148 Å². The third-order valence-corrected chi connectivity index (χ3v) is 5.57. The van der Waals surface area contributed by atoms with Gasteiger partial charge >= 0.3 is 0 Å². The zero-order valence-electron chi connectivity index (χ0n) is 14.7. The van der Waals surface area contributed by atoms with Crippen LogP contribution in [0.15, 0.2) is 29.4 Å². The minimum Gasteiger partial charge on any atom is -0.357 e. The number of nitrogens with zero attached hydrogens (tertiary/aromatic N) is 1. The van der Waals surface area contributed by atoms with Crippen molar-refractivity contribution >= 4 is 23.0 Å². The number of hydrazone groups is 1. The predicted molar refractivity (Wildman–Crippen MR) is 101 cm³/mol. The van der Waals surface area contributed by atoms with Gasteiger partial charge in [-0.25, -0.2) is 5.43 Å². The monoisotopic (exact) mass is 338 g/mol. The Balaban J connectivity index is 1.45. The number of para-hydroxylation sites is 1. The van der Waals surface area contributed by atoms with Crippen LogP contribution in [0, 0.1) is 5.92 Å². The van der Waals surface area contributed by atoms with Gasteiger partial charge in [0.15, 0.2) is 0 Å². The molecule has 2 unspecified atom stereocenters. The van der Waals surface area contributed by atoms with Gasteiger partial charge in [0, 0.05) is 28.9 Å². The summed E-state index contributed by atoms with van der Waals surface area (Å²) < 4.78 is 0. The highest BCUT2D eigenvalue weighted by atomic mass is 16.2. The van der Waals surface area contributed by atoms with Crippen LogP contribution in [0.2, 0.25) is 0 Å². The third kappa shape index (κ3) is 3.33. The minimum absolute atomic E-state index is 0.0464. The molecule has 1 aliphatic heterocycles. The largest absolute Gasteiger partial charge is 0.357 e. The number of carbonyl (C=O) groups is 1. The number of carbonyl (C=O) groups excluding carboxylic acids is 1. The van der Waals surface area contributed by atoms with E-state index >= 15 is 0 Å². The van der Waals surface area contributed by atoms with Crippen molar-refractivity contribution in [2.24, 2.45) is 11.0 Å². The van der Waals surface area contributed by atoms with E-state index < -0.39 is 0 Å². The van der Waals surface area contributed by atoms with E-state index in [9.17, 15) is 4.79 Å². The van der Waals surface area contributed by atoms with Gasteiger partial charge in [0.1, 0.15) is 0 Å². The maximum absolute atomic E-state index is 12.6. The summed E-state index contributed by atoms with van der Waals surface area (Å²) in [6, 6.07) is 8.17. The lowest BCUT2D eigenvalue weighted by molar-refractivity contribution is -0.123. The van der Waals surface area contributed by atoms with Gasteiger partial charge in [-0.3, -0.25) is 10.1 Å². The molecular weight excluding hydrogens is 312 g/mol. The molecule has 25 heavy (non-hydrogen) atoms. The van der Waals surface area contributed by atoms with E-state index in [0.717, 1.165) is 5.52 Å². The first-order valence-corrected chi connectivity index (χ1v) is 9.41. The quantitative estimate of drug-likeness (QED) is 0.593. The number of hydrogen-bond acceptors (Lipinski definition) is 3. The first-order valence-electron chi connectivity index (χ1n) is 9.41. The summed E-state index contributed by atoms with van der Waals surface area (Å²) in [4.78, 5) is 16.0. The first-order chi connectivity index (χ1) is 12.2. The molecule has 0 spiro atoms. The van der Waals surface area contributed by atoms with Gasteiger partial charge in [0.05, 0.1) is 6.04 Å². The summed E-state index contributed by atoms with van der Waals surface area (Å²) in [5, 5.41) is 8.85. The van der Waals surface area contributed by atoms with Crippen LogP contribution in [-0.2, 0) is 11.2 Å². The average molecular weight is 338 g/mol. The molecule has 0 radical (unpaired) electrons. The molecule has 1 aliphatic carbocycles. The van der Waals surface area contributed by atoms with Gasteiger partial charge in [0.2, 0.25) is 0 Å². The summed E-state index contributed by atoms with van der Waals surface area (Å²) in [6.07, 6.45) is 8.88. The Bertz CT molecular complexity index is 788. The van der Waals surface area contributed by atoms with Crippen molar-refractivity contribution in [3.05, 3.63) is 35.5 Å². The number of rotatable bonds is 3. The molecule has 2 aromatic rings. The highest BCUT2D eigenvalue weighted by Gasteiger charge is 2.30. The molecule has 5 nitrogen and oxygen atoms in total. The molecule has 4 rings (SSSR count). The Morgan fingerprint density at radius 2 is 2.04 bits per heavy atom. The lowest BCUT2D eigenvalue weighted by Gasteiger charge is -2.28. The van der Waals surface area contributed by atoms with Crippen molar-refractivity contribution in [2.75, 3.05) is 0 Å². The SMILES string of the molecule is CC1NC(C(=O)N/N=C/C2CCCCC2)Cc2c1[nH]c1ccccc21. The van der Waals surface area contributed by atoms with Crippen LogP contribution in [0.4, 0.5) is 0 Å². The van der Waals surface area contributed by atoms with Crippen LogP contribution < -0.4 is 10.7 Å². The second kappa shape index (κ2) is 7.00. The lowest BCUT2D eigenvalue weighted by atomic mass is 9.90. The van der Waals surface area contributed by atoms with Gasteiger partial charge in [0.25, 0.3) is 5.91 Å². The number of nitrogens with one attached hydrogen (secondary N) is 3. The van der Waals surface area contributed by atoms with Gasteiger partial charge in [-0.05, 0) is 43.7 Å². The molecule has 0 bridgehead atoms. The molecule has 1 saturated carbocycles. The molecule has 5 heteroatoms. The van der Waals surface area contributed by atoms with Gasteiger partial charge in [-0.2, -0.15) is 5.10 Å². The van der Waals surface area contributed by atoms with Crippen molar-refractivity contribution in [2.45, 2.75) is 57.5 Å². The fraction of sp³-hybridized carbons (Fsp3) is 0.500. The number of benzene rings is 1. The van der Waals surface area contributed by atoms with Gasteiger partial charge in [-0.1, -0.05) is 37.5 Å². The fourth-order valence-electron chi connectivity index (χ4n) is 4.19. The summed E-state index contributed by atoms with van der Waals surface area (Å²) in [5.41, 5.74) is 6.32. The molecule has 0 saturated heterocycles. The molecular formula is C20H26N4O. The van der Waals surface area contributed by atoms with E-state index in [0.29, 0.717) is 12.3 Å². The maximum atomic E-state index is 12.6. The topological polar surface area (TPSA) is 69.3 Å². The van der Waals surface area contributed by atoms with Gasteiger partial charge < -0.3 is 4.98 Å². The van der Waals surface area contributed by atoms with Crippen LogP contribution >= 0.6 is 0 Å². The Hall–Kier alpha value is -2.14. The molecule has 132 valence electrons. The summed E-state index contributed by atoms with van der Waals surface area (Å²) in [7, 11) is 0. The van der Waals surface area contributed by atoms with Crippen molar-refractivity contribution in [3.63, 3.8) is 0 Å². The number of aromatic amines is 1. The summed E-state index contributed by atoms with van der Waals surface area (Å²) in [6.45, 7) is 2.10. The molecule has 3 N–H and O–H groups in total. The highest BCUT2D eigenvalue weighted by molar-refractivity contribution is 5.88. The Morgan fingerprint density at radius 3 is 2.88 bits per heavy atom. The van der Waals surface area contributed by atoms with Gasteiger partial charge in [-0.15, -0.1) is 0 Å². The van der Waals surface area contributed by atoms with Crippen LogP contribution in [0.5, 0.6) is 0 Å². The normalized spacial score (nSPS) is 24.5. The number of aromatic nitrogens is 1. The summed E-state index contributed by atoms with van der Waals surface area (Å²) >= 11 is 0. The Kier molecular flexibility index (Phi) is 4.57. The number of H-pyrrole nitrogens is 1. The van der Waals surface area contributed by atoms with E-state index in [-0.39, 0.29) is 18.0 Å². The number of hydrogen-bond donors (Lipinski definition) is 3. The van der Waals surface area contributed by atoms with Crippen molar-refractivity contribution in [1.29, 1.82) is 0 Å². The number of amides is 1. The number of fused-ring (bicyclic) bond motifs is 3. The van der Waals surface area contributed by atoms with E-state index in [1.807, 2.05) is 18.3 Å². The predicted octanol–water partition coefficient (Wildman–Crippen LogP) is 3.43. The summed E-state index contributed by atoms with van der Waals surface area (Å²) in [5.74, 6) is 0.474. The van der Waals surface area contributed by atoms with Crippen molar-refractivity contribution < 1.29 is 4.79 Å². The molecule has 1 aromatic carbocycles. The maximum Gasteiger partial charge on any atom is 0.257 e. The first kappa shape index (κ1) is 16.3. The second-order valence-electron chi connectivity index (χ2n) is 7.36. The Morgan fingerprint density at radius 1 is 1.24 bits per heavy atom. The highest BCUT2D eigenvalue weighted by Crippen LogP contribution is 2.31. The molecule has 1 fully saturated rings. The standard InChI is InChI=1S/C20H26N4O/c1-13-19-16(15-9-5-6-10-17(15)23-19)11-18(22-13)20(25)24-21-12-14-7-3-2-4-8-14/h5-6,9-10,12-14,18,22-23H,2-4,7-8,11H2,1H3,(H,24,25)/b21-12+. The van der Waals surface area contributed by atoms with E-state index in [4.69, 9.17) is 0 Å². The van der Waals surface area contributed by atoms with E-state index in [1.165, 1.54) is 48.7 Å². The van der Waals surface area contributed by atoms with Crippen LogP contribution in [0.3, 0.4) is 0 Å². The van der Waals surface area contributed by atoms with Crippen LogP contribution in [0.1, 0.15) is 56.3 Å². The smallest absolute Gasteiger partial charge is 0.257 e. The molecule has 1 aromatic heterocycles. The fourth-order valence-corrected chi connectivity index (χ4v) is 4.19. The minimum atomic E-state index is -0.245. The van der Waals surface area contributed by atoms with Crippen molar-refractivity contribution in [3.8, 4) is 0 Å². The van der Waals surface area contributed by atoms with Crippen molar-refractivity contribution in [1.82, 2.24) is 15.7 Å². The molecule has 2 aliphatic rings. The molecule has 2 heterocycles. The van der Waals surface area contributed by atoms with E-state index in [1.54, 1.807) is 0 Å². The lowest BCUT2D eigenvalue weighted by Crippen LogP contribution is -2.47. The average Bonchev–Trinajstić information content (AvgIpc) is 3.02. The third-order valence-electron chi connectivity index (χ3n) is 5.57. The molecule has 1 amide bonds.